The second-order valence-corrected chi connectivity index (χ2v) is 2.32. The maximum atomic E-state index is 12.4. The summed E-state index contributed by atoms with van der Waals surface area (Å²) in [4.78, 5) is 0. The van der Waals surface area contributed by atoms with Crippen LogP contribution in [-0.4, -0.2) is 17.4 Å². The van der Waals surface area contributed by atoms with Gasteiger partial charge in [-0.2, -0.15) is 0 Å². The van der Waals surface area contributed by atoms with Gasteiger partial charge in [0, 0.05) is 0 Å². The second kappa shape index (κ2) is 4.64. The molecule has 13 heavy (non-hydrogen) atoms. The van der Waals surface area contributed by atoms with Gasteiger partial charge in [0.15, 0.2) is 0 Å². The number of hydrogen-bond donors (Lipinski definition) is 2. The van der Waals surface area contributed by atoms with Gasteiger partial charge in [0.1, 0.15) is 5.82 Å². The molecule has 2 N–H and O–H groups in total. The third kappa shape index (κ3) is 3.73. The maximum Gasteiger partial charge on any atom is 0.707 e. The Morgan fingerprint density at radius 1 is 1.23 bits per heavy atom. The van der Waals surface area contributed by atoms with Gasteiger partial charge in [-0.25, -0.2) is 4.39 Å². The van der Waals surface area contributed by atoms with Crippen LogP contribution in [0.3, 0.4) is 0 Å². The van der Waals surface area contributed by atoms with Crippen molar-refractivity contribution in [1.29, 1.82) is 0 Å². The Morgan fingerprint density at radius 3 is 2.38 bits per heavy atom. The lowest BCUT2D eigenvalue weighted by Crippen LogP contribution is -2.12. The van der Waals surface area contributed by atoms with E-state index in [9.17, 15) is 4.39 Å². The molecule has 0 saturated carbocycles. The Hall–Kier alpha value is -1.33. The average molecular weight is 182 g/mol. The quantitative estimate of drug-likeness (QED) is 0.536. The van der Waals surface area contributed by atoms with Crippen LogP contribution in [0.1, 0.15) is 5.56 Å². The molecule has 0 aliphatic carbocycles. The predicted octanol–water partition coefficient (Wildman–Crippen LogP) is 0.783. The molecule has 68 valence electrons. The van der Waals surface area contributed by atoms with E-state index in [2.05, 4.69) is 4.65 Å². The molecule has 0 fully saturated rings. The third-order valence-electron chi connectivity index (χ3n) is 1.33. The van der Waals surface area contributed by atoms with Crippen molar-refractivity contribution >= 4 is 13.4 Å². The van der Waals surface area contributed by atoms with Crippen molar-refractivity contribution in [3.8, 4) is 0 Å². The van der Waals surface area contributed by atoms with Crippen molar-refractivity contribution in [1.82, 2.24) is 0 Å². The highest BCUT2D eigenvalue weighted by Crippen LogP contribution is 2.04. The van der Waals surface area contributed by atoms with E-state index < -0.39 is 7.32 Å². The molecule has 0 aliphatic heterocycles. The first-order chi connectivity index (χ1) is 6.18. The van der Waals surface area contributed by atoms with E-state index in [4.69, 9.17) is 10.0 Å². The Balaban J connectivity index is 2.54. The highest BCUT2D eigenvalue weighted by Gasteiger charge is 2.05. The van der Waals surface area contributed by atoms with Gasteiger partial charge in [-0.05, 0) is 23.8 Å². The first-order valence-electron chi connectivity index (χ1n) is 3.62. The Kier molecular flexibility index (Phi) is 3.48. The molecule has 5 heteroatoms. The maximum absolute atomic E-state index is 12.4. The third-order valence-corrected chi connectivity index (χ3v) is 1.33. The van der Waals surface area contributed by atoms with Crippen LogP contribution < -0.4 is 0 Å². The van der Waals surface area contributed by atoms with Gasteiger partial charge in [0.2, 0.25) is 0 Å². The second-order valence-electron chi connectivity index (χ2n) is 2.32. The fourth-order valence-electron chi connectivity index (χ4n) is 0.762. The lowest BCUT2D eigenvalue weighted by molar-refractivity contribution is 0.258. The molecule has 0 saturated heterocycles. The van der Waals surface area contributed by atoms with E-state index in [0.717, 1.165) is 6.26 Å². The van der Waals surface area contributed by atoms with Crippen LogP contribution in [0.25, 0.3) is 6.08 Å². The van der Waals surface area contributed by atoms with Crippen LogP contribution in [0, 0.1) is 5.82 Å². The monoisotopic (exact) mass is 182 g/mol. The van der Waals surface area contributed by atoms with Gasteiger partial charge in [-0.3, -0.25) is 0 Å². The minimum absolute atomic E-state index is 0.319. The zero-order chi connectivity index (χ0) is 9.68. The molecular formula is C8H8BFO3. The molecule has 0 amide bonds. The summed E-state index contributed by atoms with van der Waals surface area (Å²) >= 11 is 0. The Labute approximate surface area is 75.3 Å². The average Bonchev–Trinajstić information content (AvgIpc) is 2.08. The first kappa shape index (κ1) is 9.76. The number of hydrogen-bond acceptors (Lipinski definition) is 3. The summed E-state index contributed by atoms with van der Waals surface area (Å²) in [5.41, 5.74) is 0.710. The largest absolute Gasteiger partial charge is 0.707 e. The summed E-state index contributed by atoms with van der Waals surface area (Å²) in [6, 6.07) is 5.68. The molecule has 0 unspecified atom stereocenters. The van der Waals surface area contributed by atoms with E-state index in [0.29, 0.717) is 5.56 Å². The van der Waals surface area contributed by atoms with Gasteiger partial charge in [0.25, 0.3) is 0 Å². The van der Waals surface area contributed by atoms with Crippen LogP contribution >= 0.6 is 0 Å². The highest BCUT2D eigenvalue weighted by atomic mass is 19.1. The van der Waals surface area contributed by atoms with Crippen molar-refractivity contribution in [3.05, 3.63) is 41.9 Å². The molecular weight excluding hydrogens is 174 g/mol. The smallest absolute Gasteiger partial charge is 0.518 e. The SMILES string of the molecule is OB(O)O/C=C/c1ccc(F)cc1. The fraction of sp³-hybridized carbons (Fsp3) is 0. The molecule has 3 nitrogen and oxygen atoms in total. The van der Waals surface area contributed by atoms with Crippen molar-refractivity contribution in [2.45, 2.75) is 0 Å². The van der Waals surface area contributed by atoms with Gasteiger partial charge < -0.3 is 14.7 Å². The fourth-order valence-corrected chi connectivity index (χ4v) is 0.762. The first-order valence-corrected chi connectivity index (χ1v) is 3.62. The number of halogens is 1. The summed E-state index contributed by atoms with van der Waals surface area (Å²) in [5.74, 6) is -0.319. The summed E-state index contributed by atoms with van der Waals surface area (Å²) < 4.78 is 16.7. The van der Waals surface area contributed by atoms with E-state index >= 15 is 0 Å². The molecule has 1 rings (SSSR count). The van der Waals surface area contributed by atoms with Crippen LogP contribution in [0.4, 0.5) is 4.39 Å². The van der Waals surface area contributed by atoms with Gasteiger partial charge in [0.05, 0.1) is 6.26 Å². The highest BCUT2D eigenvalue weighted by molar-refractivity contribution is 6.32. The molecule has 0 aliphatic rings. The van der Waals surface area contributed by atoms with Gasteiger partial charge >= 0.3 is 7.32 Å². The lowest BCUT2D eigenvalue weighted by atomic mass is 10.2. The van der Waals surface area contributed by atoms with E-state index in [-0.39, 0.29) is 5.82 Å². The minimum Gasteiger partial charge on any atom is -0.518 e. The van der Waals surface area contributed by atoms with Crippen LogP contribution in [-0.2, 0) is 4.65 Å². The van der Waals surface area contributed by atoms with E-state index in [1.54, 1.807) is 12.1 Å². The van der Waals surface area contributed by atoms with Crippen molar-refractivity contribution in [2.24, 2.45) is 0 Å². The summed E-state index contributed by atoms with van der Waals surface area (Å²) in [7, 11) is -1.82. The zero-order valence-electron chi connectivity index (χ0n) is 6.72. The minimum atomic E-state index is -1.82. The van der Waals surface area contributed by atoms with Gasteiger partial charge in [-0.15, -0.1) is 0 Å². The van der Waals surface area contributed by atoms with Crippen molar-refractivity contribution in [2.75, 3.05) is 0 Å². The number of rotatable bonds is 3. The summed E-state index contributed by atoms with van der Waals surface area (Å²) in [6.45, 7) is 0. The normalized spacial score (nSPS) is 10.4. The molecule has 0 heterocycles. The van der Waals surface area contributed by atoms with Crippen LogP contribution in [0.2, 0.25) is 0 Å². The van der Waals surface area contributed by atoms with Crippen molar-refractivity contribution in [3.63, 3.8) is 0 Å². The van der Waals surface area contributed by atoms with E-state index in [1.165, 1.54) is 18.2 Å². The molecule has 1 aromatic carbocycles. The lowest BCUT2D eigenvalue weighted by Gasteiger charge is -1.95. The zero-order valence-corrected chi connectivity index (χ0v) is 6.72. The van der Waals surface area contributed by atoms with Gasteiger partial charge in [-0.1, -0.05) is 12.1 Å². The summed E-state index contributed by atoms with van der Waals surface area (Å²) in [5, 5.41) is 16.6. The van der Waals surface area contributed by atoms with Crippen LogP contribution in [0.15, 0.2) is 30.5 Å². The van der Waals surface area contributed by atoms with E-state index in [1.807, 2.05) is 0 Å². The molecule has 0 aromatic heterocycles. The molecule has 0 radical (unpaired) electrons. The Morgan fingerprint density at radius 2 is 1.85 bits per heavy atom. The molecule has 0 spiro atoms. The standard InChI is InChI=1S/C8H8BFO3/c10-8-3-1-7(2-4-8)5-6-13-9(11)12/h1-6,11-12H/b6-5+. The number of benzene rings is 1. The van der Waals surface area contributed by atoms with Crippen LogP contribution in [0.5, 0.6) is 0 Å². The van der Waals surface area contributed by atoms with Crippen molar-refractivity contribution < 1.29 is 19.1 Å². The predicted molar refractivity (Wildman–Crippen MR) is 46.7 cm³/mol. The molecule has 0 atom stereocenters. The summed E-state index contributed by atoms with van der Waals surface area (Å²) in [6.07, 6.45) is 2.61. The molecule has 1 aromatic rings. The molecule has 0 bridgehead atoms. The topological polar surface area (TPSA) is 49.7 Å². The Bertz CT molecular complexity index is 284.